The van der Waals surface area contributed by atoms with Crippen molar-refractivity contribution in [1.82, 2.24) is 0 Å². The molecule has 2 aromatic carbocycles. The Morgan fingerprint density at radius 1 is 0.875 bits per heavy atom. The van der Waals surface area contributed by atoms with E-state index in [9.17, 15) is 4.39 Å². The molecule has 82 valence electrons. The summed E-state index contributed by atoms with van der Waals surface area (Å²) < 4.78 is 17.9. The molecule has 0 fully saturated rings. The van der Waals surface area contributed by atoms with Crippen LogP contribution in [0.15, 0.2) is 48.5 Å². The molecule has 2 heteroatoms. The van der Waals surface area contributed by atoms with Gasteiger partial charge in [-0.15, -0.1) is 0 Å². The second-order valence-electron chi connectivity index (χ2n) is 3.69. The molecule has 0 radical (unpaired) electrons. The van der Waals surface area contributed by atoms with Crippen molar-refractivity contribution in [3.63, 3.8) is 0 Å². The van der Waals surface area contributed by atoms with Crippen LogP contribution in [0.25, 0.3) is 0 Å². The van der Waals surface area contributed by atoms with Gasteiger partial charge in [0.05, 0.1) is 0 Å². The highest BCUT2D eigenvalue weighted by molar-refractivity contribution is 5.34. The highest BCUT2D eigenvalue weighted by Crippen LogP contribution is 2.22. The van der Waals surface area contributed by atoms with Crippen LogP contribution in [0.4, 0.5) is 4.39 Å². The lowest BCUT2D eigenvalue weighted by atomic mass is 10.2. The van der Waals surface area contributed by atoms with Gasteiger partial charge in [-0.2, -0.15) is 0 Å². The predicted molar refractivity (Wildman–Crippen MR) is 62.5 cm³/mol. The zero-order chi connectivity index (χ0) is 11.4. The molecule has 0 unspecified atom stereocenters. The van der Waals surface area contributed by atoms with Gasteiger partial charge < -0.3 is 4.74 Å². The van der Waals surface area contributed by atoms with Gasteiger partial charge in [0.15, 0.2) is 0 Å². The molecule has 0 amide bonds. The first-order valence-electron chi connectivity index (χ1n) is 5.17. The number of alkyl halides is 1. The molecule has 0 aliphatic heterocycles. The lowest BCUT2D eigenvalue weighted by Gasteiger charge is -2.06. The Hall–Kier alpha value is -1.83. The van der Waals surface area contributed by atoms with Crippen LogP contribution in [0.1, 0.15) is 11.1 Å². The second-order valence-corrected chi connectivity index (χ2v) is 3.69. The van der Waals surface area contributed by atoms with Gasteiger partial charge >= 0.3 is 0 Å². The molecule has 0 bridgehead atoms. The number of ether oxygens (including phenoxy) is 1. The quantitative estimate of drug-likeness (QED) is 0.745. The van der Waals surface area contributed by atoms with Crippen LogP contribution < -0.4 is 4.74 Å². The van der Waals surface area contributed by atoms with Gasteiger partial charge in [-0.1, -0.05) is 29.8 Å². The van der Waals surface area contributed by atoms with Gasteiger partial charge in [-0.05, 0) is 36.8 Å². The van der Waals surface area contributed by atoms with Gasteiger partial charge in [-0.25, -0.2) is 4.39 Å². The smallest absolute Gasteiger partial charge is 0.127 e. The number of benzene rings is 2. The van der Waals surface area contributed by atoms with Crippen LogP contribution in [-0.2, 0) is 6.67 Å². The third-order valence-electron chi connectivity index (χ3n) is 2.33. The van der Waals surface area contributed by atoms with Gasteiger partial charge in [-0.3, -0.25) is 0 Å². The van der Waals surface area contributed by atoms with Crippen LogP contribution in [-0.4, -0.2) is 0 Å². The van der Waals surface area contributed by atoms with Crippen molar-refractivity contribution in [3.05, 3.63) is 59.7 Å². The summed E-state index contributed by atoms with van der Waals surface area (Å²) in [6.07, 6.45) is 0. The maximum atomic E-state index is 12.3. The van der Waals surface area contributed by atoms with E-state index in [1.54, 1.807) is 24.3 Å². The molecule has 0 N–H and O–H groups in total. The molecule has 2 rings (SSSR count). The lowest BCUT2D eigenvalue weighted by Crippen LogP contribution is -1.85. The summed E-state index contributed by atoms with van der Waals surface area (Å²) >= 11 is 0. The lowest BCUT2D eigenvalue weighted by molar-refractivity contribution is 0.475. The fourth-order valence-electron chi connectivity index (χ4n) is 1.39. The highest BCUT2D eigenvalue weighted by Gasteiger charge is 1.97. The van der Waals surface area contributed by atoms with E-state index in [1.165, 1.54) is 5.56 Å². The topological polar surface area (TPSA) is 9.23 Å². The summed E-state index contributed by atoms with van der Waals surface area (Å²) in [5, 5.41) is 0. The molecular formula is C14H13FO. The Kier molecular flexibility index (Phi) is 3.20. The van der Waals surface area contributed by atoms with Crippen LogP contribution in [0, 0.1) is 6.92 Å². The molecule has 0 saturated carbocycles. The summed E-state index contributed by atoms with van der Waals surface area (Å²) in [5.41, 5.74) is 1.86. The van der Waals surface area contributed by atoms with Gasteiger partial charge in [0.2, 0.25) is 0 Å². The molecule has 16 heavy (non-hydrogen) atoms. The zero-order valence-electron chi connectivity index (χ0n) is 9.11. The number of halogens is 1. The van der Waals surface area contributed by atoms with Crippen molar-refractivity contribution in [1.29, 1.82) is 0 Å². The Morgan fingerprint density at radius 2 is 1.38 bits per heavy atom. The summed E-state index contributed by atoms with van der Waals surface area (Å²) in [5.74, 6) is 1.51. The molecule has 0 heterocycles. The zero-order valence-corrected chi connectivity index (χ0v) is 9.11. The molecule has 2 aromatic rings. The maximum Gasteiger partial charge on any atom is 0.127 e. The van der Waals surface area contributed by atoms with E-state index in [1.807, 2.05) is 31.2 Å². The monoisotopic (exact) mass is 216 g/mol. The number of aryl methyl sites for hydroxylation is 1. The summed E-state index contributed by atoms with van der Waals surface area (Å²) in [4.78, 5) is 0. The summed E-state index contributed by atoms with van der Waals surface area (Å²) in [6.45, 7) is 1.59. The SMILES string of the molecule is Cc1ccc(Oc2ccc(CF)cc2)cc1. The maximum absolute atomic E-state index is 12.3. The first-order valence-corrected chi connectivity index (χ1v) is 5.17. The van der Waals surface area contributed by atoms with Crippen molar-refractivity contribution in [3.8, 4) is 11.5 Å². The third kappa shape index (κ3) is 2.60. The molecule has 0 atom stereocenters. The fourth-order valence-corrected chi connectivity index (χ4v) is 1.39. The Labute approximate surface area is 94.5 Å². The van der Waals surface area contributed by atoms with E-state index in [2.05, 4.69) is 0 Å². The van der Waals surface area contributed by atoms with Crippen LogP contribution >= 0.6 is 0 Å². The number of hydrogen-bond donors (Lipinski definition) is 0. The fraction of sp³-hybridized carbons (Fsp3) is 0.143. The van der Waals surface area contributed by atoms with E-state index >= 15 is 0 Å². The van der Waals surface area contributed by atoms with Gasteiger partial charge in [0, 0.05) is 0 Å². The third-order valence-corrected chi connectivity index (χ3v) is 2.33. The van der Waals surface area contributed by atoms with E-state index in [4.69, 9.17) is 4.74 Å². The van der Waals surface area contributed by atoms with E-state index in [0.717, 1.165) is 11.5 Å². The van der Waals surface area contributed by atoms with Crippen molar-refractivity contribution < 1.29 is 9.13 Å². The van der Waals surface area contributed by atoms with Crippen molar-refractivity contribution in [2.75, 3.05) is 0 Å². The molecule has 0 aromatic heterocycles. The number of rotatable bonds is 3. The van der Waals surface area contributed by atoms with E-state index in [-0.39, 0.29) is 0 Å². The normalized spacial score (nSPS) is 10.1. The molecule has 1 nitrogen and oxygen atoms in total. The van der Waals surface area contributed by atoms with Crippen molar-refractivity contribution in [2.45, 2.75) is 13.6 Å². The average Bonchev–Trinajstić information content (AvgIpc) is 2.33. The molecule has 0 aliphatic carbocycles. The predicted octanol–water partition coefficient (Wildman–Crippen LogP) is 4.26. The Bertz CT molecular complexity index is 445. The standard InChI is InChI=1S/C14H13FO/c1-11-2-6-13(7-3-11)16-14-8-4-12(10-15)5-9-14/h2-9H,10H2,1H3. The van der Waals surface area contributed by atoms with Gasteiger partial charge in [0.1, 0.15) is 18.2 Å². The largest absolute Gasteiger partial charge is 0.457 e. The second kappa shape index (κ2) is 4.79. The minimum Gasteiger partial charge on any atom is -0.457 e. The van der Waals surface area contributed by atoms with Crippen molar-refractivity contribution in [2.24, 2.45) is 0 Å². The van der Waals surface area contributed by atoms with E-state index < -0.39 is 6.67 Å². The summed E-state index contributed by atoms with van der Waals surface area (Å²) in [7, 11) is 0. The molecular weight excluding hydrogens is 203 g/mol. The van der Waals surface area contributed by atoms with E-state index in [0.29, 0.717) is 5.56 Å². The average molecular weight is 216 g/mol. The molecule has 0 aliphatic rings. The Balaban J connectivity index is 2.11. The van der Waals surface area contributed by atoms with Crippen LogP contribution in [0.3, 0.4) is 0 Å². The molecule has 0 spiro atoms. The Morgan fingerprint density at radius 3 is 1.88 bits per heavy atom. The van der Waals surface area contributed by atoms with Crippen LogP contribution in [0.2, 0.25) is 0 Å². The molecule has 0 saturated heterocycles. The van der Waals surface area contributed by atoms with Gasteiger partial charge in [0.25, 0.3) is 0 Å². The van der Waals surface area contributed by atoms with Crippen LogP contribution in [0.5, 0.6) is 11.5 Å². The minimum absolute atomic E-state index is 0.440. The minimum atomic E-state index is -0.440. The first kappa shape index (κ1) is 10.7. The highest BCUT2D eigenvalue weighted by atomic mass is 19.1. The van der Waals surface area contributed by atoms with Crippen molar-refractivity contribution >= 4 is 0 Å². The first-order chi connectivity index (χ1) is 7.78. The summed E-state index contributed by atoms with van der Waals surface area (Å²) in [6, 6.07) is 14.8. The number of hydrogen-bond acceptors (Lipinski definition) is 1.